The number of hydrogen-bond acceptors (Lipinski definition) is 6. The van der Waals surface area contributed by atoms with Crippen molar-refractivity contribution in [3.05, 3.63) is 42.7 Å². The zero-order chi connectivity index (χ0) is 15.5. The predicted molar refractivity (Wildman–Crippen MR) is 90.0 cm³/mol. The molecule has 0 aliphatic carbocycles. The second-order valence-electron chi connectivity index (χ2n) is 5.67. The maximum Gasteiger partial charge on any atom is 0.247 e. The minimum Gasteiger partial charge on any atom is -0.366 e. The summed E-state index contributed by atoms with van der Waals surface area (Å²) in [6, 6.07) is 10.2. The Morgan fingerprint density at radius 2 is 2.22 bits per heavy atom. The van der Waals surface area contributed by atoms with E-state index in [1.807, 2.05) is 34.8 Å². The molecule has 0 aromatic carbocycles. The average molecular weight is 309 g/mol. The van der Waals surface area contributed by atoms with Crippen molar-refractivity contribution in [3.63, 3.8) is 0 Å². The van der Waals surface area contributed by atoms with Crippen LogP contribution in [0, 0.1) is 0 Å². The van der Waals surface area contributed by atoms with Crippen molar-refractivity contribution in [1.29, 1.82) is 0 Å². The number of rotatable bonds is 4. The van der Waals surface area contributed by atoms with Crippen molar-refractivity contribution >= 4 is 23.1 Å². The van der Waals surface area contributed by atoms with Crippen LogP contribution in [0.4, 0.5) is 17.5 Å². The Balaban J connectivity index is 1.59. The monoisotopic (exact) mass is 309 g/mol. The maximum atomic E-state index is 4.56. The van der Waals surface area contributed by atoms with Crippen molar-refractivity contribution < 1.29 is 0 Å². The molecule has 1 aliphatic heterocycles. The molecular formula is C16H19N7. The molecule has 1 fully saturated rings. The van der Waals surface area contributed by atoms with Gasteiger partial charge in [0, 0.05) is 18.8 Å². The van der Waals surface area contributed by atoms with Gasteiger partial charge in [0.25, 0.3) is 0 Å². The zero-order valence-corrected chi connectivity index (χ0v) is 12.7. The third kappa shape index (κ3) is 3.09. The van der Waals surface area contributed by atoms with Crippen molar-refractivity contribution in [2.24, 2.45) is 0 Å². The zero-order valence-electron chi connectivity index (χ0n) is 12.7. The lowest BCUT2D eigenvalue weighted by atomic mass is 10.1. The Labute approximate surface area is 134 Å². The largest absolute Gasteiger partial charge is 0.366 e. The van der Waals surface area contributed by atoms with Gasteiger partial charge in [0.2, 0.25) is 5.95 Å². The molecule has 3 aromatic rings. The summed E-state index contributed by atoms with van der Waals surface area (Å²) in [7, 11) is 0. The van der Waals surface area contributed by atoms with Crippen LogP contribution in [0.15, 0.2) is 42.7 Å². The molecule has 0 bridgehead atoms. The molecule has 1 saturated heterocycles. The first-order chi connectivity index (χ1) is 11.4. The number of piperidine rings is 1. The molecule has 7 nitrogen and oxygen atoms in total. The fourth-order valence-electron chi connectivity index (χ4n) is 2.82. The maximum absolute atomic E-state index is 4.56. The number of fused-ring (bicyclic) bond motifs is 1. The molecule has 4 heterocycles. The second kappa shape index (κ2) is 6.21. The summed E-state index contributed by atoms with van der Waals surface area (Å²) in [4.78, 5) is 8.60. The van der Waals surface area contributed by atoms with Crippen molar-refractivity contribution in [2.45, 2.75) is 18.9 Å². The lowest BCUT2D eigenvalue weighted by Gasteiger charge is -2.24. The summed E-state index contributed by atoms with van der Waals surface area (Å²) < 4.78 is 1.84. The molecule has 118 valence electrons. The Morgan fingerprint density at radius 3 is 3.04 bits per heavy atom. The van der Waals surface area contributed by atoms with Gasteiger partial charge in [0.05, 0.1) is 11.9 Å². The number of hydrogen-bond donors (Lipinski definition) is 3. The fraction of sp³-hybridized carbons (Fsp3) is 0.312. The third-order valence-corrected chi connectivity index (χ3v) is 3.93. The highest BCUT2D eigenvalue weighted by Crippen LogP contribution is 2.17. The van der Waals surface area contributed by atoms with Crippen LogP contribution in [0.5, 0.6) is 0 Å². The van der Waals surface area contributed by atoms with E-state index in [2.05, 4.69) is 31.0 Å². The van der Waals surface area contributed by atoms with Crippen LogP contribution in [0.1, 0.15) is 12.8 Å². The van der Waals surface area contributed by atoms with Gasteiger partial charge in [-0.25, -0.2) is 0 Å². The Morgan fingerprint density at radius 1 is 1.22 bits per heavy atom. The van der Waals surface area contributed by atoms with Crippen molar-refractivity contribution in [3.8, 4) is 0 Å². The molecule has 3 aromatic heterocycles. The van der Waals surface area contributed by atoms with Gasteiger partial charge in [-0.05, 0) is 43.7 Å². The van der Waals surface area contributed by atoms with Gasteiger partial charge >= 0.3 is 0 Å². The van der Waals surface area contributed by atoms with Gasteiger partial charge in [-0.2, -0.15) is 9.50 Å². The van der Waals surface area contributed by atoms with Crippen LogP contribution in [0.2, 0.25) is 0 Å². The fourth-order valence-corrected chi connectivity index (χ4v) is 2.82. The van der Waals surface area contributed by atoms with E-state index in [-0.39, 0.29) is 0 Å². The highest BCUT2D eigenvalue weighted by Gasteiger charge is 2.15. The number of aromatic nitrogens is 4. The highest BCUT2D eigenvalue weighted by atomic mass is 15.4. The summed E-state index contributed by atoms with van der Waals surface area (Å²) in [5.41, 5.74) is 1.68. The topological polar surface area (TPSA) is 79.2 Å². The van der Waals surface area contributed by atoms with Gasteiger partial charge in [-0.3, -0.25) is 4.98 Å². The molecule has 1 aliphatic rings. The summed E-state index contributed by atoms with van der Waals surface area (Å²) >= 11 is 0. The van der Waals surface area contributed by atoms with Gasteiger partial charge in [0.15, 0.2) is 5.65 Å². The van der Waals surface area contributed by atoms with Crippen LogP contribution in [-0.2, 0) is 0 Å². The van der Waals surface area contributed by atoms with E-state index in [0.29, 0.717) is 12.0 Å². The van der Waals surface area contributed by atoms with Gasteiger partial charge in [-0.1, -0.05) is 6.07 Å². The van der Waals surface area contributed by atoms with Crippen LogP contribution >= 0.6 is 0 Å². The minimum atomic E-state index is 0.424. The molecule has 3 N–H and O–H groups in total. The first-order valence-electron chi connectivity index (χ1n) is 7.88. The van der Waals surface area contributed by atoms with Crippen LogP contribution in [0.25, 0.3) is 5.65 Å². The van der Waals surface area contributed by atoms with Crippen LogP contribution < -0.4 is 16.0 Å². The first kappa shape index (κ1) is 14.0. The predicted octanol–water partition coefficient (Wildman–Crippen LogP) is 2.03. The first-order valence-corrected chi connectivity index (χ1v) is 7.88. The second-order valence-corrected chi connectivity index (χ2v) is 5.67. The molecule has 23 heavy (non-hydrogen) atoms. The normalized spacial score (nSPS) is 18.0. The van der Waals surface area contributed by atoms with E-state index in [9.17, 15) is 0 Å². The van der Waals surface area contributed by atoms with E-state index in [4.69, 9.17) is 0 Å². The van der Waals surface area contributed by atoms with Gasteiger partial charge in [-0.15, -0.1) is 5.10 Å². The molecule has 0 radical (unpaired) electrons. The highest BCUT2D eigenvalue weighted by molar-refractivity contribution is 5.57. The number of anilines is 3. The lowest BCUT2D eigenvalue weighted by molar-refractivity contribution is 0.478. The molecule has 1 atom stereocenters. The third-order valence-electron chi connectivity index (χ3n) is 3.93. The van der Waals surface area contributed by atoms with E-state index in [1.165, 1.54) is 12.8 Å². The van der Waals surface area contributed by atoms with Gasteiger partial charge < -0.3 is 16.0 Å². The minimum absolute atomic E-state index is 0.424. The van der Waals surface area contributed by atoms with Crippen LogP contribution in [-0.4, -0.2) is 38.7 Å². The number of pyridine rings is 2. The van der Waals surface area contributed by atoms with E-state index >= 15 is 0 Å². The molecule has 0 saturated carbocycles. The van der Waals surface area contributed by atoms with Crippen molar-refractivity contribution in [1.82, 2.24) is 24.9 Å². The summed E-state index contributed by atoms with van der Waals surface area (Å²) in [6.07, 6.45) is 5.85. The lowest BCUT2D eigenvalue weighted by Crippen LogP contribution is -2.38. The van der Waals surface area contributed by atoms with E-state index < -0.39 is 0 Å². The Kier molecular flexibility index (Phi) is 3.77. The van der Waals surface area contributed by atoms with E-state index in [1.54, 1.807) is 12.4 Å². The molecule has 7 heteroatoms. The molecule has 4 rings (SSSR count). The Hall–Kier alpha value is -2.67. The smallest absolute Gasteiger partial charge is 0.247 e. The molecule has 1 unspecified atom stereocenters. The molecule has 0 amide bonds. The quantitative estimate of drug-likeness (QED) is 0.684. The van der Waals surface area contributed by atoms with Gasteiger partial charge in [0.1, 0.15) is 5.82 Å². The standard InChI is InChI=1S/C16H19N7/c1-6-14(19-12-4-2-8-17-10-12)23-15(7-1)21-16(22-23)20-13-5-3-9-18-11-13/h1,3,5-7,9,11-12,17,19H,2,4,8,10H2,(H,20,22). The Bertz CT molecular complexity index is 777. The molecule has 0 spiro atoms. The summed E-state index contributed by atoms with van der Waals surface area (Å²) in [5.74, 6) is 1.52. The number of nitrogens with zero attached hydrogens (tertiary/aromatic N) is 4. The van der Waals surface area contributed by atoms with Crippen LogP contribution in [0.3, 0.4) is 0 Å². The van der Waals surface area contributed by atoms with E-state index in [0.717, 1.165) is 30.2 Å². The molecular weight excluding hydrogens is 290 g/mol. The van der Waals surface area contributed by atoms with Crippen molar-refractivity contribution in [2.75, 3.05) is 23.7 Å². The SMILES string of the molecule is c1cncc(Nc2nc3cccc(NC4CCCNC4)n3n2)c1. The summed E-state index contributed by atoms with van der Waals surface area (Å²) in [6.45, 7) is 2.08. The average Bonchev–Trinajstić information content (AvgIpc) is 3.00. The number of nitrogens with one attached hydrogen (secondary N) is 3. The summed E-state index contributed by atoms with van der Waals surface area (Å²) in [5, 5.41) is 14.7.